The van der Waals surface area contributed by atoms with E-state index in [2.05, 4.69) is 23.3 Å². The normalized spacial score (nSPS) is 24.2. The Hall–Kier alpha value is -0.930. The molecule has 88 valence electrons. The van der Waals surface area contributed by atoms with Gasteiger partial charge in [0.25, 0.3) is 0 Å². The Labute approximate surface area is 97.2 Å². The van der Waals surface area contributed by atoms with Crippen LogP contribution in [0.2, 0.25) is 0 Å². The number of ether oxygens (including phenoxy) is 1. The van der Waals surface area contributed by atoms with Crippen molar-refractivity contribution in [3.63, 3.8) is 0 Å². The summed E-state index contributed by atoms with van der Waals surface area (Å²) in [5, 5.41) is 3.38. The topological polar surface area (TPSA) is 34.1 Å². The summed E-state index contributed by atoms with van der Waals surface area (Å²) in [4.78, 5) is 4.42. The molecule has 1 fully saturated rings. The SMILES string of the molecule is CNC(C1CCCO1)C(C)c1ccccn1. The molecule has 0 aromatic carbocycles. The molecule has 1 aliphatic heterocycles. The fraction of sp³-hybridized carbons (Fsp3) is 0.615. The third kappa shape index (κ3) is 2.42. The van der Waals surface area contributed by atoms with E-state index in [4.69, 9.17) is 4.74 Å². The predicted octanol–water partition coefficient (Wildman–Crippen LogP) is 1.95. The van der Waals surface area contributed by atoms with Crippen molar-refractivity contribution < 1.29 is 4.74 Å². The van der Waals surface area contributed by atoms with Gasteiger partial charge in [-0.1, -0.05) is 13.0 Å². The van der Waals surface area contributed by atoms with Crippen LogP contribution in [0.1, 0.15) is 31.4 Å². The molecular formula is C13H20N2O. The summed E-state index contributed by atoms with van der Waals surface area (Å²) in [5.74, 6) is 0.384. The number of hydrogen-bond donors (Lipinski definition) is 1. The van der Waals surface area contributed by atoms with E-state index in [0.29, 0.717) is 18.1 Å². The molecule has 1 saturated heterocycles. The van der Waals surface area contributed by atoms with Crippen LogP contribution in [0, 0.1) is 0 Å². The number of nitrogens with zero attached hydrogens (tertiary/aromatic N) is 1. The zero-order chi connectivity index (χ0) is 11.4. The Morgan fingerprint density at radius 3 is 2.94 bits per heavy atom. The number of pyridine rings is 1. The average Bonchev–Trinajstić information content (AvgIpc) is 2.85. The Bertz CT molecular complexity index is 309. The second-order valence-corrected chi connectivity index (χ2v) is 4.41. The lowest BCUT2D eigenvalue weighted by molar-refractivity contribution is 0.0732. The van der Waals surface area contributed by atoms with Gasteiger partial charge in [-0.15, -0.1) is 0 Å². The maximum absolute atomic E-state index is 5.76. The van der Waals surface area contributed by atoms with Gasteiger partial charge in [-0.3, -0.25) is 4.98 Å². The molecule has 3 nitrogen and oxygen atoms in total. The molecule has 2 rings (SSSR count). The van der Waals surface area contributed by atoms with Crippen molar-refractivity contribution in [1.29, 1.82) is 0 Å². The van der Waals surface area contributed by atoms with Crippen LogP contribution in [0.25, 0.3) is 0 Å². The van der Waals surface area contributed by atoms with Gasteiger partial charge >= 0.3 is 0 Å². The lowest BCUT2D eigenvalue weighted by atomic mass is 9.92. The molecule has 0 aliphatic carbocycles. The van der Waals surface area contributed by atoms with Gasteiger partial charge in [0.15, 0.2) is 0 Å². The van der Waals surface area contributed by atoms with E-state index in [9.17, 15) is 0 Å². The first-order chi connectivity index (χ1) is 7.83. The molecular weight excluding hydrogens is 200 g/mol. The molecule has 3 atom stereocenters. The average molecular weight is 220 g/mol. The molecule has 3 unspecified atom stereocenters. The third-order valence-corrected chi connectivity index (χ3v) is 3.39. The van der Waals surface area contributed by atoms with Crippen LogP contribution < -0.4 is 5.32 Å². The maximum atomic E-state index is 5.76. The first kappa shape index (κ1) is 11.6. The van der Waals surface area contributed by atoms with Gasteiger partial charge in [0.05, 0.1) is 6.10 Å². The molecule has 3 heteroatoms. The summed E-state index contributed by atoms with van der Waals surface area (Å²) in [5.41, 5.74) is 1.14. The van der Waals surface area contributed by atoms with E-state index in [1.54, 1.807) is 0 Å². The Balaban J connectivity index is 2.08. The Morgan fingerprint density at radius 2 is 2.38 bits per heavy atom. The summed E-state index contributed by atoms with van der Waals surface area (Å²) >= 11 is 0. The molecule has 1 aromatic rings. The van der Waals surface area contributed by atoms with Gasteiger partial charge < -0.3 is 10.1 Å². The van der Waals surface area contributed by atoms with Crippen molar-refractivity contribution in [1.82, 2.24) is 10.3 Å². The van der Waals surface area contributed by atoms with Crippen molar-refractivity contribution in [2.45, 2.75) is 37.8 Å². The fourth-order valence-corrected chi connectivity index (χ4v) is 2.47. The van der Waals surface area contributed by atoms with E-state index in [1.807, 2.05) is 25.4 Å². The number of hydrogen-bond acceptors (Lipinski definition) is 3. The van der Waals surface area contributed by atoms with Crippen LogP contribution >= 0.6 is 0 Å². The van der Waals surface area contributed by atoms with E-state index in [1.165, 1.54) is 6.42 Å². The van der Waals surface area contributed by atoms with Gasteiger partial charge in [-0.05, 0) is 32.0 Å². The Morgan fingerprint density at radius 1 is 1.50 bits per heavy atom. The smallest absolute Gasteiger partial charge is 0.0735 e. The summed E-state index contributed by atoms with van der Waals surface area (Å²) in [6, 6.07) is 6.44. The van der Waals surface area contributed by atoms with Crippen molar-refractivity contribution in [3.05, 3.63) is 30.1 Å². The van der Waals surface area contributed by atoms with E-state index < -0.39 is 0 Å². The molecule has 0 bridgehead atoms. The second kappa shape index (κ2) is 5.41. The molecule has 1 N–H and O–H groups in total. The highest BCUT2D eigenvalue weighted by atomic mass is 16.5. The van der Waals surface area contributed by atoms with E-state index >= 15 is 0 Å². The van der Waals surface area contributed by atoms with Gasteiger partial charge in [-0.25, -0.2) is 0 Å². The summed E-state index contributed by atoms with van der Waals surface area (Å²) in [7, 11) is 2.01. The first-order valence-corrected chi connectivity index (χ1v) is 6.02. The highest BCUT2D eigenvalue weighted by Gasteiger charge is 2.30. The fourth-order valence-electron chi connectivity index (χ4n) is 2.47. The third-order valence-electron chi connectivity index (χ3n) is 3.39. The van der Waals surface area contributed by atoms with Crippen molar-refractivity contribution in [3.8, 4) is 0 Å². The highest BCUT2D eigenvalue weighted by molar-refractivity contribution is 5.12. The minimum absolute atomic E-state index is 0.335. The van der Waals surface area contributed by atoms with Gasteiger partial charge in [-0.2, -0.15) is 0 Å². The maximum Gasteiger partial charge on any atom is 0.0735 e. The van der Waals surface area contributed by atoms with Gasteiger partial charge in [0.1, 0.15) is 0 Å². The number of nitrogens with one attached hydrogen (secondary N) is 1. The molecule has 2 heterocycles. The predicted molar refractivity (Wildman–Crippen MR) is 64.5 cm³/mol. The van der Waals surface area contributed by atoms with Crippen LogP contribution in [0.3, 0.4) is 0 Å². The lowest BCUT2D eigenvalue weighted by Gasteiger charge is -2.28. The molecule has 16 heavy (non-hydrogen) atoms. The molecule has 0 saturated carbocycles. The molecule has 1 aliphatic rings. The molecule has 0 radical (unpaired) electrons. The van der Waals surface area contributed by atoms with Crippen LogP contribution in [-0.2, 0) is 4.74 Å². The summed E-state index contributed by atoms with van der Waals surface area (Å²) in [6.07, 6.45) is 4.52. The highest BCUT2D eigenvalue weighted by Crippen LogP contribution is 2.25. The van der Waals surface area contributed by atoms with E-state index in [0.717, 1.165) is 18.7 Å². The number of rotatable bonds is 4. The van der Waals surface area contributed by atoms with Crippen LogP contribution in [0.15, 0.2) is 24.4 Å². The lowest BCUT2D eigenvalue weighted by Crippen LogP contribution is -2.41. The zero-order valence-corrected chi connectivity index (χ0v) is 10.0. The van der Waals surface area contributed by atoms with Crippen molar-refractivity contribution >= 4 is 0 Å². The van der Waals surface area contributed by atoms with Crippen LogP contribution in [-0.4, -0.2) is 30.8 Å². The second-order valence-electron chi connectivity index (χ2n) is 4.41. The van der Waals surface area contributed by atoms with Crippen molar-refractivity contribution in [2.75, 3.05) is 13.7 Å². The zero-order valence-electron chi connectivity index (χ0n) is 10.0. The van der Waals surface area contributed by atoms with Gasteiger partial charge in [0.2, 0.25) is 0 Å². The molecule has 0 spiro atoms. The summed E-state index contributed by atoms with van der Waals surface area (Å²) in [6.45, 7) is 3.11. The van der Waals surface area contributed by atoms with Crippen molar-refractivity contribution in [2.24, 2.45) is 0 Å². The first-order valence-electron chi connectivity index (χ1n) is 6.02. The monoisotopic (exact) mass is 220 g/mol. The van der Waals surface area contributed by atoms with Gasteiger partial charge in [0, 0.05) is 30.5 Å². The minimum atomic E-state index is 0.335. The minimum Gasteiger partial charge on any atom is -0.377 e. The number of aromatic nitrogens is 1. The standard InChI is InChI=1S/C13H20N2O/c1-10(11-6-3-4-8-15-11)13(14-2)12-7-5-9-16-12/h3-4,6,8,10,12-14H,5,7,9H2,1-2H3. The quantitative estimate of drug-likeness (QED) is 0.842. The Kier molecular flexibility index (Phi) is 3.91. The van der Waals surface area contributed by atoms with Crippen LogP contribution in [0.4, 0.5) is 0 Å². The summed E-state index contributed by atoms with van der Waals surface area (Å²) < 4.78 is 5.76. The molecule has 1 aromatic heterocycles. The molecule has 0 amide bonds. The van der Waals surface area contributed by atoms with E-state index in [-0.39, 0.29) is 0 Å². The van der Waals surface area contributed by atoms with Crippen LogP contribution in [0.5, 0.6) is 0 Å². The number of likely N-dealkylation sites (N-methyl/N-ethyl adjacent to an activating group) is 1. The largest absolute Gasteiger partial charge is 0.377 e.